The molecule has 0 unspecified atom stereocenters. The fourth-order valence-corrected chi connectivity index (χ4v) is 4.82. The zero-order valence-corrected chi connectivity index (χ0v) is 18.2. The van der Waals surface area contributed by atoms with Crippen LogP contribution in [0.15, 0.2) is 36.0 Å². The number of hydrogen-bond donors (Lipinski definition) is 1. The molecule has 1 N–H and O–H groups in total. The van der Waals surface area contributed by atoms with Crippen LogP contribution in [0.25, 0.3) is 0 Å². The summed E-state index contributed by atoms with van der Waals surface area (Å²) < 4.78 is 0. The average molecular weight is 374 g/mol. The van der Waals surface area contributed by atoms with E-state index in [0.717, 1.165) is 6.42 Å². The molecule has 154 valence electrons. The maximum atomic E-state index is 10.5. The maximum Gasteiger partial charge on any atom is 0.0611 e. The minimum absolute atomic E-state index is 0.153. The Morgan fingerprint density at radius 3 is 2.74 bits per heavy atom. The Morgan fingerprint density at radius 1 is 1.19 bits per heavy atom. The summed E-state index contributed by atoms with van der Waals surface area (Å²) >= 11 is 0. The normalized spacial score (nSPS) is 29.2. The van der Waals surface area contributed by atoms with Crippen LogP contribution in [0.2, 0.25) is 0 Å². The quantitative estimate of drug-likeness (QED) is 0.258. The third kappa shape index (κ3) is 7.58. The van der Waals surface area contributed by atoms with E-state index in [2.05, 4.69) is 63.2 Å². The summed E-state index contributed by atoms with van der Waals surface area (Å²) in [5, 5.41) is 10.5. The first kappa shape index (κ1) is 22.4. The van der Waals surface area contributed by atoms with Gasteiger partial charge in [-0.1, -0.05) is 69.1 Å². The second-order valence-electron chi connectivity index (χ2n) is 9.24. The van der Waals surface area contributed by atoms with Crippen molar-refractivity contribution in [3.63, 3.8) is 0 Å². The molecule has 0 bridgehead atoms. The molecule has 2 nitrogen and oxygen atoms in total. The number of allylic oxidation sites excluding steroid dienone is 5. The van der Waals surface area contributed by atoms with Crippen molar-refractivity contribution in [2.75, 3.05) is 20.6 Å². The lowest BCUT2D eigenvalue weighted by Crippen LogP contribution is -2.16. The van der Waals surface area contributed by atoms with Crippen molar-refractivity contribution in [1.29, 1.82) is 0 Å². The van der Waals surface area contributed by atoms with E-state index >= 15 is 0 Å². The van der Waals surface area contributed by atoms with Crippen LogP contribution >= 0.6 is 0 Å². The van der Waals surface area contributed by atoms with Crippen molar-refractivity contribution >= 4 is 0 Å². The predicted octanol–water partition coefficient (Wildman–Crippen LogP) is 5.99. The molecule has 2 rings (SSSR count). The Balaban J connectivity index is 1.74. The highest BCUT2D eigenvalue weighted by molar-refractivity contribution is 5.21. The monoisotopic (exact) mass is 373 g/mol. The highest BCUT2D eigenvalue weighted by Crippen LogP contribution is 2.48. The van der Waals surface area contributed by atoms with E-state index in [1.807, 2.05) is 0 Å². The lowest BCUT2D eigenvalue weighted by Gasteiger charge is -2.18. The third-order valence-corrected chi connectivity index (χ3v) is 6.45. The molecule has 0 aromatic rings. The molecule has 27 heavy (non-hydrogen) atoms. The molecule has 2 aliphatic rings. The Labute approximate surface area is 168 Å². The van der Waals surface area contributed by atoms with Gasteiger partial charge in [-0.2, -0.15) is 0 Å². The van der Waals surface area contributed by atoms with Crippen LogP contribution in [0.4, 0.5) is 0 Å². The molecule has 2 heteroatoms. The van der Waals surface area contributed by atoms with Gasteiger partial charge in [0.2, 0.25) is 0 Å². The molecule has 0 aromatic heterocycles. The van der Waals surface area contributed by atoms with Gasteiger partial charge in [0.1, 0.15) is 0 Å². The molecule has 1 saturated carbocycles. The number of aliphatic hydroxyl groups is 1. The summed E-state index contributed by atoms with van der Waals surface area (Å²) in [6.07, 6.45) is 22.6. The highest BCUT2D eigenvalue weighted by atomic mass is 16.3. The first-order chi connectivity index (χ1) is 13.0. The largest absolute Gasteiger partial charge is 0.392 e. The van der Waals surface area contributed by atoms with Crippen molar-refractivity contribution < 1.29 is 5.11 Å². The Hall–Kier alpha value is -0.860. The zero-order valence-electron chi connectivity index (χ0n) is 18.2. The van der Waals surface area contributed by atoms with Gasteiger partial charge in [-0.3, -0.25) is 0 Å². The number of aliphatic hydroxyl groups excluding tert-OH is 1. The van der Waals surface area contributed by atoms with Crippen LogP contribution < -0.4 is 0 Å². The summed E-state index contributed by atoms with van der Waals surface area (Å²) in [7, 11) is 4.31. The van der Waals surface area contributed by atoms with Gasteiger partial charge in [-0.25, -0.2) is 0 Å². The second-order valence-corrected chi connectivity index (χ2v) is 9.24. The lowest BCUT2D eigenvalue weighted by atomic mass is 9.88. The van der Waals surface area contributed by atoms with Crippen LogP contribution in [0.3, 0.4) is 0 Å². The molecule has 2 aliphatic carbocycles. The van der Waals surface area contributed by atoms with Crippen molar-refractivity contribution in [2.24, 2.45) is 23.7 Å². The average Bonchev–Trinajstić information content (AvgIpc) is 3.13. The number of nitrogens with zero attached hydrogens (tertiary/aromatic N) is 1. The van der Waals surface area contributed by atoms with E-state index in [1.165, 1.54) is 57.9 Å². The topological polar surface area (TPSA) is 23.5 Å². The molecule has 0 aliphatic heterocycles. The molecular formula is C25H43NO. The number of unbranched alkanes of at least 4 members (excludes halogenated alkanes) is 3. The van der Waals surface area contributed by atoms with Gasteiger partial charge in [0.25, 0.3) is 0 Å². The van der Waals surface area contributed by atoms with Gasteiger partial charge in [0, 0.05) is 5.92 Å². The minimum atomic E-state index is -0.153. The van der Waals surface area contributed by atoms with E-state index in [9.17, 15) is 5.11 Å². The van der Waals surface area contributed by atoms with E-state index in [1.54, 1.807) is 5.57 Å². The predicted molar refractivity (Wildman–Crippen MR) is 118 cm³/mol. The minimum Gasteiger partial charge on any atom is -0.392 e. The van der Waals surface area contributed by atoms with Gasteiger partial charge < -0.3 is 10.0 Å². The van der Waals surface area contributed by atoms with Crippen molar-refractivity contribution in [1.82, 2.24) is 4.90 Å². The van der Waals surface area contributed by atoms with Crippen LogP contribution in [0.1, 0.15) is 71.6 Å². The van der Waals surface area contributed by atoms with Gasteiger partial charge in [0.15, 0.2) is 0 Å². The Kier molecular flexibility index (Phi) is 9.86. The fraction of sp³-hybridized carbons (Fsp3) is 0.760. The van der Waals surface area contributed by atoms with E-state index < -0.39 is 0 Å². The molecule has 5 atom stereocenters. The molecule has 0 saturated heterocycles. The summed E-state index contributed by atoms with van der Waals surface area (Å²) in [5.74, 6) is 2.24. The van der Waals surface area contributed by atoms with Crippen LogP contribution in [0, 0.1) is 23.7 Å². The maximum absolute atomic E-state index is 10.5. The molecule has 1 fully saturated rings. The van der Waals surface area contributed by atoms with Crippen molar-refractivity contribution in [2.45, 2.75) is 77.7 Å². The van der Waals surface area contributed by atoms with Gasteiger partial charge >= 0.3 is 0 Å². The van der Waals surface area contributed by atoms with Crippen molar-refractivity contribution in [3.05, 3.63) is 36.0 Å². The first-order valence-corrected chi connectivity index (χ1v) is 11.4. The Morgan fingerprint density at radius 2 is 2.00 bits per heavy atom. The van der Waals surface area contributed by atoms with E-state index in [0.29, 0.717) is 23.7 Å². The zero-order chi connectivity index (χ0) is 19.6. The smallest absolute Gasteiger partial charge is 0.0611 e. The summed E-state index contributed by atoms with van der Waals surface area (Å²) in [4.78, 5) is 2.27. The number of fused-ring (bicyclic) bond motifs is 1. The molecular weight excluding hydrogens is 330 g/mol. The molecule has 0 amide bonds. The summed E-state index contributed by atoms with van der Waals surface area (Å²) in [5.41, 5.74) is 1.66. The Bertz CT molecular complexity index is 504. The van der Waals surface area contributed by atoms with Gasteiger partial charge in [-0.15, -0.1) is 0 Å². The highest BCUT2D eigenvalue weighted by Gasteiger charge is 2.42. The van der Waals surface area contributed by atoms with E-state index in [4.69, 9.17) is 0 Å². The molecule has 0 heterocycles. The van der Waals surface area contributed by atoms with Crippen LogP contribution in [0.5, 0.6) is 0 Å². The molecule has 0 radical (unpaired) electrons. The van der Waals surface area contributed by atoms with Crippen molar-refractivity contribution in [3.8, 4) is 0 Å². The SMILES string of the molecule is CCCC[C@@H](C)/C=C/C=C/[C@@H]1[C@H]2CC(CCCCCN(C)C)=C[C@H]2C[C@H]1O. The van der Waals surface area contributed by atoms with Crippen LogP contribution in [-0.2, 0) is 0 Å². The van der Waals surface area contributed by atoms with Crippen LogP contribution in [-0.4, -0.2) is 36.8 Å². The van der Waals surface area contributed by atoms with Gasteiger partial charge in [-0.05, 0) is 76.9 Å². The summed E-state index contributed by atoms with van der Waals surface area (Å²) in [6, 6.07) is 0. The summed E-state index contributed by atoms with van der Waals surface area (Å²) in [6.45, 7) is 5.75. The number of rotatable bonds is 12. The first-order valence-electron chi connectivity index (χ1n) is 11.4. The third-order valence-electron chi connectivity index (χ3n) is 6.45. The van der Waals surface area contributed by atoms with E-state index in [-0.39, 0.29) is 6.10 Å². The standard InChI is InChI=1S/C25H43NO/c1-5-6-12-20(2)13-9-10-15-23-24-18-21(17-22(24)19-25(23)27)14-8-7-11-16-26(3)4/h9-10,13,15,17,20,22-25,27H,5-8,11-12,14,16,18-19H2,1-4H3/b13-9+,15-10+/t20-,22+,23-,24+,25-/m1/s1. The number of hydrogen-bond acceptors (Lipinski definition) is 2. The molecule has 0 spiro atoms. The fourth-order valence-electron chi connectivity index (χ4n) is 4.82. The molecule has 0 aromatic carbocycles. The second kappa shape index (κ2) is 11.9. The lowest BCUT2D eigenvalue weighted by molar-refractivity contribution is 0.141. The van der Waals surface area contributed by atoms with Gasteiger partial charge in [0.05, 0.1) is 6.10 Å².